The van der Waals surface area contributed by atoms with Gasteiger partial charge in [-0.15, -0.1) is 0 Å². The second-order valence-electron chi connectivity index (χ2n) is 2.68. The van der Waals surface area contributed by atoms with E-state index in [0.29, 0.717) is 0 Å². The number of carboxylic acid groups (broad SMARTS) is 1. The lowest BCUT2D eigenvalue weighted by atomic mass is 10.2. The van der Waals surface area contributed by atoms with Crippen LogP contribution in [-0.2, 0) is 0 Å². The molecule has 0 aliphatic rings. The summed E-state index contributed by atoms with van der Waals surface area (Å²) in [4.78, 5) is 12.4. The molecular weight excluding hydrogens is 154 g/mol. The minimum absolute atomic E-state index is 0.265. The summed E-state index contributed by atoms with van der Waals surface area (Å²) >= 11 is 0. The van der Waals surface area contributed by atoms with Gasteiger partial charge in [0.2, 0.25) is 0 Å². The van der Waals surface area contributed by atoms with Gasteiger partial charge in [0.25, 0.3) is 0 Å². The molecule has 12 heavy (non-hydrogen) atoms. The average molecular weight is 164 g/mol. The van der Waals surface area contributed by atoms with Crippen molar-refractivity contribution < 1.29 is 9.90 Å². The third-order valence-electron chi connectivity index (χ3n) is 1.54. The number of nitrogens with zero attached hydrogens (tertiary/aromatic N) is 1. The zero-order valence-electron chi connectivity index (χ0n) is 7.03. The van der Waals surface area contributed by atoms with Crippen LogP contribution in [0.3, 0.4) is 0 Å². The van der Waals surface area contributed by atoms with Crippen molar-refractivity contribution in [3.63, 3.8) is 0 Å². The standard InChI is InChI=1S/C9H10NO2/c1-10(2)8-5-3-4-7(6-8)9(11)12/h4-6H,1-2H3,(H,11,12). The van der Waals surface area contributed by atoms with Crippen molar-refractivity contribution in [3.05, 3.63) is 29.8 Å². The van der Waals surface area contributed by atoms with E-state index in [1.165, 1.54) is 6.07 Å². The first kappa shape index (κ1) is 8.59. The molecule has 0 spiro atoms. The highest BCUT2D eigenvalue weighted by Gasteiger charge is 2.03. The molecule has 1 N–H and O–H groups in total. The Morgan fingerprint density at radius 3 is 2.67 bits per heavy atom. The Morgan fingerprint density at radius 2 is 2.17 bits per heavy atom. The third-order valence-corrected chi connectivity index (χ3v) is 1.54. The van der Waals surface area contributed by atoms with Gasteiger partial charge in [-0.3, -0.25) is 0 Å². The number of hydrogen-bond donors (Lipinski definition) is 1. The van der Waals surface area contributed by atoms with E-state index in [1.807, 2.05) is 19.0 Å². The topological polar surface area (TPSA) is 40.5 Å². The maximum atomic E-state index is 10.5. The highest BCUT2D eigenvalue weighted by molar-refractivity contribution is 5.88. The molecule has 0 saturated carbocycles. The summed E-state index contributed by atoms with van der Waals surface area (Å²) in [5.74, 6) is -0.921. The lowest BCUT2D eigenvalue weighted by Gasteiger charge is -2.11. The monoisotopic (exact) mass is 164 g/mol. The van der Waals surface area contributed by atoms with Gasteiger partial charge in [0.1, 0.15) is 0 Å². The first-order valence-corrected chi connectivity index (χ1v) is 3.53. The Morgan fingerprint density at radius 1 is 1.50 bits per heavy atom. The largest absolute Gasteiger partial charge is 0.478 e. The van der Waals surface area contributed by atoms with Crippen molar-refractivity contribution in [3.8, 4) is 0 Å². The SMILES string of the molecule is CN(C)c1c[c]cc(C(=O)O)c1. The van der Waals surface area contributed by atoms with Crippen molar-refractivity contribution in [2.24, 2.45) is 0 Å². The summed E-state index contributed by atoms with van der Waals surface area (Å²) < 4.78 is 0. The molecule has 3 nitrogen and oxygen atoms in total. The number of benzene rings is 1. The molecule has 1 aromatic carbocycles. The fourth-order valence-electron chi connectivity index (χ4n) is 0.841. The summed E-state index contributed by atoms with van der Waals surface area (Å²) in [6.07, 6.45) is 0. The second kappa shape index (κ2) is 3.26. The lowest BCUT2D eigenvalue weighted by Crippen LogP contribution is -2.09. The lowest BCUT2D eigenvalue weighted by molar-refractivity contribution is 0.0697. The van der Waals surface area contributed by atoms with Gasteiger partial charge in [-0.05, 0) is 24.3 Å². The van der Waals surface area contributed by atoms with E-state index < -0.39 is 5.97 Å². The Labute approximate surface area is 71.2 Å². The van der Waals surface area contributed by atoms with Gasteiger partial charge in [-0.25, -0.2) is 4.79 Å². The van der Waals surface area contributed by atoms with Crippen LogP contribution in [0.4, 0.5) is 5.69 Å². The zero-order chi connectivity index (χ0) is 9.14. The van der Waals surface area contributed by atoms with Crippen LogP contribution in [0.5, 0.6) is 0 Å². The van der Waals surface area contributed by atoms with E-state index in [1.54, 1.807) is 12.1 Å². The molecule has 0 amide bonds. The zero-order valence-corrected chi connectivity index (χ0v) is 7.03. The summed E-state index contributed by atoms with van der Waals surface area (Å²) in [7, 11) is 3.71. The molecule has 0 bridgehead atoms. The third kappa shape index (κ3) is 1.75. The minimum Gasteiger partial charge on any atom is -0.478 e. The van der Waals surface area contributed by atoms with Crippen LogP contribution in [0.15, 0.2) is 18.2 Å². The summed E-state index contributed by atoms with van der Waals surface area (Å²) in [6, 6.07) is 7.58. The maximum absolute atomic E-state index is 10.5. The van der Waals surface area contributed by atoms with Crippen LogP contribution in [0, 0.1) is 6.07 Å². The molecule has 0 saturated heterocycles. The first-order valence-electron chi connectivity index (χ1n) is 3.53. The van der Waals surface area contributed by atoms with Crippen molar-refractivity contribution in [1.82, 2.24) is 0 Å². The second-order valence-corrected chi connectivity index (χ2v) is 2.68. The number of hydrogen-bond acceptors (Lipinski definition) is 2. The van der Waals surface area contributed by atoms with Crippen molar-refractivity contribution in [2.75, 3.05) is 19.0 Å². The van der Waals surface area contributed by atoms with Gasteiger partial charge >= 0.3 is 5.97 Å². The molecule has 0 fully saturated rings. The van der Waals surface area contributed by atoms with E-state index in [-0.39, 0.29) is 5.56 Å². The number of rotatable bonds is 2. The van der Waals surface area contributed by atoms with Crippen LogP contribution in [0.1, 0.15) is 10.4 Å². The Kier molecular flexibility index (Phi) is 2.33. The molecule has 63 valence electrons. The summed E-state index contributed by atoms with van der Waals surface area (Å²) in [5.41, 5.74) is 1.11. The molecule has 0 atom stereocenters. The van der Waals surface area contributed by atoms with E-state index >= 15 is 0 Å². The Balaban J connectivity index is 3.04. The van der Waals surface area contributed by atoms with Gasteiger partial charge in [-0.1, -0.05) is 0 Å². The molecule has 1 rings (SSSR count). The van der Waals surface area contributed by atoms with E-state index in [4.69, 9.17) is 5.11 Å². The van der Waals surface area contributed by atoms with Gasteiger partial charge in [0, 0.05) is 19.8 Å². The van der Waals surface area contributed by atoms with E-state index in [2.05, 4.69) is 6.07 Å². The van der Waals surface area contributed by atoms with Crippen LogP contribution >= 0.6 is 0 Å². The van der Waals surface area contributed by atoms with E-state index in [0.717, 1.165) is 5.69 Å². The van der Waals surface area contributed by atoms with Crippen LogP contribution < -0.4 is 4.90 Å². The molecule has 0 unspecified atom stereocenters. The summed E-state index contributed by atoms with van der Waals surface area (Å²) in [5, 5.41) is 8.65. The first-order chi connectivity index (χ1) is 5.61. The number of carboxylic acids is 1. The molecule has 0 aliphatic carbocycles. The van der Waals surface area contributed by atoms with Crippen molar-refractivity contribution >= 4 is 11.7 Å². The fraction of sp³-hybridized carbons (Fsp3) is 0.222. The minimum atomic E-state index is -0.921. The average Bonchev–Trinajstić information content (AvgIpc) is 2.04. The highest BCUT2D eigenvalue weighted by atomic mass is 16.4. The predicted octanol–water partition coefficient (Wildman–Crippen LogP) is 1.25. The molecule has 1 radical (unpaired) electrons. The molecule has 1 aromatic rings. The van der Waals surface area contributed by atoms with Gasteiger partial charge < -0.3 is 10.0 Å². The summed E-state index contributed by atoms with van der Waals surface area (Å²) in [6.45, 7) is 0. The Bertz CT molecular complexity index is 294. The van der Waals surface area contributed by atoms with Gasteiger partial charge in [0.15, 0.2) is 0 Å². The molecule has 0 heterocycles. The molecule has 3 heteroatoms. The van der Waals surface area contributed by atoms with Crippen molar-refractivity contribution in [2.45, 2.75) is 0 Å². The molecular formula is C9H10NO2. The number of anilines is 1. The normalized spacial score (nSPS) is 9.50. The number of aromatic carboxylic acids is 1. The number of carbonyl (C=O) groups is 1. The van der Waals surface area contributed by atoms with Crippen LogP contribution in [0.25, 0.3) is 0 Å². The predicted molar refractivity (Wildman–Crippen MR) is 46.6 cm³/mol. The van der Waals surface area contributed by atoms with Gasteiger partial charge in [-0.2, -0.15) is 0 Å². The fourth-order valence-corrected chi connectivity index (χ4v) is 0.841. The molecule has 0 aliphatic heterocycles. The highest BCUT2D eigenvalue weighted by Crippen LogP contribution is 2.12. The Hall–Kier alpha value is -1.51. The maximum Gasteiger partial charge on any atom is 0.335 e. The smallest absolute Gasteiger partial charge is 0.335 e. The van der Waals surface area contributed by atoms with Crippen LogP contribution in [0.2, 0.25) is 0 Å². The van der Waals surface area contributed by atoms with E-state index in [9.17, 15) is 4.79 Å². The molecule has 0 aromatic heterocycles. The van der Waals surface area contributed by atoms with Gasteiger partial charge in [0.05, 0.1) is 5.56 Å². The van der Waals surface area contributed by atoms with Crippen molar-refractivity contribution in [1.29, 1.82) is 0 Å². The quantitative estimate of drug-likeness (QED) is 0.715. The van der Waals surface area contributed by atoms with Crippen LogP contribution in [-0.4, -0.2) is 25.2 Å².